The van der Waals surface area contributed by atoms with Crippen molar-refractivity contribution in [2.24, 2.45) is 0 Å². The van der Waals surface area contributed by atoms with E-state index in [0.717, 1.165) is 0 Å². The van der Waals surface area contributed by atoms with E-state index < -0.39 is 42.0 Å². The predicted octanol–water partition coefficient (Wildman–Crippen LogP) is 1.14. The van der Waals surface area contributed by atoms with Crippen LogP contribution in [0.25, 0.3) is 0 Å². The predicted molar refractivity (Wildman–Crippen MR) is 80.5 cm³/mol. The molecule has 1 N–H and O–H groups in total. The van der Waals surface area contributed by atoms with Crippen molar-refractivity contribution < 1.29 is 33.6 Å². The van der Waals surface area contributed by atoms with Crippen LogP contribution in [0.15, 0.2) is 12.2 Å². The SMILES string of the molecule is CCOC(=O)/C=C/C1OC(C)(C)OC1C(O)C1COC(C)(C)O1. The summed E-state index contributed by atoms with van der Waals surface area (Å²) in [6, 6.07) is 0. The number of ether oxygens (including phenoxy) is 5. The number of esters is 1. The molecule has 0 aliphatic carbocycles. The van der Waals surface area contributed by atoms with Crippen molar-refractivity contribution in [3.05, 3.63) is 12.2 Å². The lowest BCUT2D eigenvalue weighted by molar-refractivity contribution is -0.178. The Morgan fingerprint density at radius 1 is 1.26 bits per heavy atom. The van der Waals surface area contributed by atoms with Gasteiger partial charge in [-0.2, -0.15) is 0 Å². The van der Waals surface area contributed by atoms with Gasteiger partial charge in [-0.3, -0.25) is 0 Å². The van der Waals surface area contributed by atoms with Crippen LogP contribution in [0.2, 0.25) is 0 Å². The number of hydrogen-bond donors (Lipinski definition) is 1. The third-order valence-corrected chi connectivity index (χ3v) is 3.62. The first kappa shape index (κ1) is 18.4. The van der Waals surface area contributed by atoms with Crippen molar-refractivity contribution in [1.29, 1.82) is 0 Å². The Morgan fingerprint density at radius 2 is 1.96 bits per heavy atom. The first-order valence-electron chi connectivity index (χ1n) is 7.84. The van der Waals surface area contributed by atoms with Gasteiger partial charge < -0.3 is 28.8 Å². The van der Waals surface area contributed by atoms with Gasteiger partial charge in [0.1, 0.15) is 24.4 Å². The molecule has 0 aromatic rings. The largest absolute Gasteiger partial charge is 0.463 e. The highest BCUT2D eigenvalue weighted by Crippen LogP contribution is 2.34. The fraction of sp³-hybridized carbons (Fsp3) is 0.812. The second-order valence-electron chi connectivity index (χ2n) is 6.53. The smallest absolute Gasteiger partial charge is 0.330 e. The summed E-state index contributed by atoms with van der Waals surface area (Å²) in [6.07, 6.45) is 0.104. The van der Waals surface area contributed by atoms with Crippen molar-refractivity contribution in [3.63, 3.8) is 0 Å². The molecule has 7 nitrogen and oxygen atoms in total. The molecule has 2 aliphatic heterocycles. The van der Waals surface area contributed by atoms with Crippen LogP contribution in [0.5, 0.6) is 0 Å². The molecule has 0 spiro atoms. The summed E-state index contributed by atoms with van der Waals surface area (Å²) < 4.78 is 27.5. The highest BCUT2D eigenvalue weighted by Gasteiger charge is 2.49. The summed E-state index contributed by atoms with van der Waals surface area (Å²) in [6.45, 7) is 9.37. The standard InChI is InChI=1S/C16H26O7/c1-6-19-12(17)8-7-10-14(23-16(4,5)21-10)13(18)11-9-20-15(2,3)22-11/h7-8,10-11,13-14,18H,6,9H2,1-5H3/b8-7+. The van der Waals surface area contributed by atoms with Gasteiger partial charge in [0.2, 0.25) is 0 Å². The molecule has 4 unspecified atom stereocenters. The number of carbonyl (C=O) groups excluding carboxylic acids is 1. The molecule has 0 aromatic heterocycles. The minimum absolute atomic E-state index is 0.267. The highest BCUT2D eigenvalue weighted by molar-refractivity contribution is 5.81. The summed E-state index contributed by atoms with van der Waals surface area (Å²) in [5.41, 5.74) is 0. The maximum absolute atomic E-state index is 11.5. The molecule has 0 aromatic carbocycles. The quantitative estimate of drug-likeness (QED) is 0.598. The maximum atomic E-state index is 11.5. The third kappa shape index (κ3) is 4.74. The van der Waals surface area contributed by atoms with Crippen molar-refractivity contribution in [1.82, 2.24) is 0 Å². The van der Waals surface area contributed by atoms with E-state index in [-0.39, 0.29) is 6.61 Å². The topological polar surface area (TPSA) is 83.5 Å². The summed E-state index contributed by atoms with van der Waals surface area (Å²) in [7, 11) is 0. The van der Waals surface area contributed by atoms with Crippen molar-refractivity contribution in [2.75, 3.05) is 13.2 Å². The fourth-order valence-electron chi connectivity index (χ4n) is 2.69. The van der Waals surface area contributed by atoms with Crippen LogP contribution in [0.3, 0.4) is 0 Å². The Hall–Kier alpha value is -0.990. The van der Waals surface area contributed by atoms with Crippen LogP contribution in [-0.2, 0) is 28.5 Å². The van der Waals surface area contributed by atoms with Gasteiger partial charge in [0.25, 0.3) is 0 Å². The van der Waals surface area contributed by atoms with E-state index in [1.54, 1.807) is 40.7 Å². The second kappa shape index (κ2) is 6.86. The van der Waals surface area contributed by atoms with Gasteiger partial charge in [-0.05, 0) is 40.7 Å². The van der Waals surface area contributed by atoms with Crippen LogP contribution in [0, 0.1) is 0 Å². The zero-order valence-corrected chi connectivity index (χ0v) is 14.3. The van der Waals surface area contributed by atoms with E-state index >= 15 is 0 Å². The van der Waals surface area contributed by atoms with Gasteiger partial charge >= 0.3 is 5.97 Å². The highest BCUT2D eigenvalue weighted by atomic mass is 16.8. The molecule has 0 saturated carbocycles. The van der Waals surface area contributed by atoms with Crippen LogP contribution >= 0.6 is 0 Å². The Morgan fingerprint density at radius 3 is 2.52 bits per heavy atom. The van der Waals surface area contributed by atoms with Gasteiger partial charge in [-0.15, -0.1) is 0 Å². The molecule has 2 saturated heterocycles. The molecule has 23 heavy (non-hydrogen) atoms. The van der Waals surface area contributed by atoms with E-state index in [2.05, 4.69) is 0 Å². The van der Waals surface area contributed by atoms with Gasteiger partial charge in [0.05, 0.1) is 13.2 Å². The molecule has 132 valence electrons. The van der Waals surface area contributed by atoms with Crippen LogP contribution < -0.4 is 0 Å². The molecular formula is C16H26O7. The Labute approximate surface area is 136 Å². The summed E-state index contributed by atoms with van der Waals surface area (Å²) >= 11 is 0. The number of rotatable bonds is 5. The van der Waals surface area contributed by atoms with Gasteiger partial charge in [-0.25, -0.2) is 4.79 Å². The van der Waals surface area contributed by atoms with Gasteiger partial charge in [0, 0.05) is 6.08 Å². The molecule has 2 aliphatic rings. The molecular weight excluding hydrogens is 304 g/mol. The fourth-order valence-corrected chi connectivity index (χ4v) is 2.69. The van der Waals surface area contributed by atoms with Crippen molar-refractivity contribution in [2.45, 2.75) is 70.6 Å². The Kier molecular flexibility index (Phi) is 5.48. The van der Waals surface area contributed by atoms with Crippen LogP contribution in [0.4, 0.5) is 0 Å². The molecule has 2 fully saturated rings. The minimum atomic E-state index is -0.949. The van der Waals surface area contributed by atoms with E-state index in [0.29, 0.717) is 6.61 Å². The molecule has 0 amide bonds. The number of aliphatic hydroxyl groups is 1. The molecule has 2 heterocycles. The monoisotopic (exact) mass is 330 g/mol. The van der Waals surface area contributed by atoms with E-state index in [4.69, 9.17) is 23.7 Å². The maximum Gasteiger partial charge on any atom is 0.330 e. The summed E-state index contributed by atoms with van der Waals surface area (Å²) in [5.74, 6) is -2.07. The zero-order chi connectivity index (χ0) is 17.3. The molecule has 0 bridgehead atoms. The summed E-state index contributed by atoms with van der Waals surface area (Å²) in [4.78, 5) is 11.5. The average Bonchev–Trinajstić information content (AvgIpc) is 2.95. The number of hydrogen-bond acceptors (Lipinski definition) is 7. The average molecular weight is 330 g/mol. The molecule has 2 rings (SSSR count). The van der Waals surface area contributed by atoms with Crippen LogP contribution in [-0.4, -0.2) is 60.3 Å². The lowest BCUT2D eigenvalue weighted by atomic mass is 10.0. The van der Waals surface area contributed by atoms with E-state index in [1.807, 2.05) is 0 Å². The molecule has 7 heteroatoms. The lowest BCUT2D eigenvalue weighted by Gasteiger charge is -2.26. The lowest BCUT2D eigenvalue weighted by Crippen LogP contribution is -2.44. The Bertz CT molecular complexity index is 457. The second-order valence-corrected chi connectivity index (χ2v) is 6.53. The normalized spacial score (nSPS) is 33.9. The van der Waals surface area contributed by atoms with E-state index in [1.165, 1.54) is 6.08 Å². The first-order valence-corrected chi connectivity index (χ1v) is 7.84. The van der Waals surface area contributed by atoms with Crippen molar-refractivity contribution >= 4 is 5.97 Å². The van der Waals surface area contributed by atoms with E-state index in [9.17, 15) is 9.90 Å². The summed E-state index contributed by atoms with van der Waals surface area (Å²) in [5, 5.41) is 10.6. The number of aliphatic hydroxyl groups excluding tert-OH is 1. The zero-order valence-electron chi connectivity index (χ0n) is 14.3. The van der Waals surface area contributed by atoms with Gasteiger partial charge in [0.15, 0.2) is 11.6 Å². The van der Waals surface area contributed by atoms with Crippen molar-refractivity contribution in [3.8, 4) is 0 Å². The Balaban J connectivity index is 2.06. The minimum Gasteiger partial charge on any atom is -0.463 e. The molecule has 0 radical (unpaired) electrons. The third-order valence-electron chi connectivity index (χ3n) is 3.62. The number of carbonyl (C=O) groups is 1. The molecule has 4 atom stereocenters. The first-order chi connectivity index (χ1) is 10.6. The van der Waals surface area contributed by atoms with Crippen LogP contribution in [0.1, 0.15) is 34.6 Å². The van der Waals surface area contributed by atoms with Gasteiger partial charge in [-0.1, -0.05) is 0 Å².